The second-order valence-electron chi connectivity index (χ2n) is 10.2. The minimum absolute atomic E-state index is 0.155. The molecule has 1 aromatic heterocycles. The fourth-order valence-electron chi connectivity index (χ4n) is 5.17. The van der Waals surface area contributed by atoms with Gasteiger partial charge in [-0.25, -0.2) is 13.6 Å². The Bertz CT molecular complexity index is 1980. The van der Waals surface area contributed by atoms with E-state index in [1.807, 2.05) is 31.2 Å². The average Bonchev–Trinajstić information content (AvgIpc) is 3.38. The SMILES string of the molecule is C[C@H](NC(=O)c1cc(-c2cccc(F)c2)cc2cnn(Cc3ccc4ccc(F)cc4c3)c12)c1ccc(C(=O)O)cc1. The van der Waals surface area contributed by atoms with Gasteiger partial charge in [0.2, 0.25) is 0 Å². The van der Waals surface area contributed by atoms with Crippen molar-refractivity contribution in [2.75, 3.05) is 0 Å². The maximum Gasteiger partial charge on any atom is 0.335 e. The van der Waals surface area contributed by atoms with Crippen LogP contribution in [0.1, 0.15) is 44.8 Å². The molecule has 0 aliphatic rings. The number of halogens is 2. The van der Waals surface area contributed by atoms with Crippen LogP contribution >= 0.6 is 0 Å². The highest BCUT2D eigenvalue weighted by atomic mass is 19.1. The number of aromatic carboxylic acids is 1. The molecule has 0 saturated carbocycles. The van der Waals surface area contributed by atoms with Gasteiger partial charge < -0.3 is 10.4 Å². The number of aromatic nitrogens is 2. The number of nitrogens with one attached hydrogen (secondary N) is 1. The Morgan fingerprint density at radius 1 is 0.833 bits per heavy atom. The van der Waals surface area contributed by atoms with E-state index in [2.05, 4.69) is 10.4 Å². The molecule has 0 saturated heterocycles. The number of carboxylic acids is 1. The summed E-state index contributed by atoms with van der Waals surface area (Å²) in [6.45, 7) is 2.15. The molecule has 8 heteroatoms. The third kappa shape index (κ3) is 5.34. The highest BCUT2D eigenvalue weighted by Gasteiger charge is 2.20. The van der Waals surface area contributed by atoms with E-state index < -0.39 is 12.0 Å². The van der Waals surface area contributed by atoms with E-state index in [1.165, 1.54) is 36.4 Å². The third-order valence-electron chi connectivity index (χ3n) is 7.34. The monoisotopic (exact) mass is 561 g/mol. The number of amides is 1. The highest BCUT2D eigenvalue weighted by molar-refractivity contribution is 6.07. The molecule has 0 aliphatic heterocycles. The third-order valence-corrected chi connectivity index (χ3v) is 7.34. The van der Waals surface area contributed by atoms with Crippen LogP contribution in [0.15, 0.2) is 103 Å². The lowest BCUT2D eigenvalue weighted by molar-refractivity contribution is 0.0696. The van der Waals surface area contributed by atoms with Crippen molar-refractivity contribution in [1.82, 2.24) is 15.1 Å². The van der Waals surface area contributed by atoms with Crippen LogP contribution in [0.4, 0.5) is 8.78 Å². The van der Waals surface area contributed by atoms with Gasteiger partial charge >= 0.3 is 5.97 Å². The summed E-state index contributed by atoms with van der Waals surface area (Å²) in [5.41, 5.74) is 4.00. The van der Waals surface area contributed by atoms with Crippen molar-refractivity contribution in [1.29, 1.82) is 0 Å². The molecule has 2 N–H and O–H groups in total. The number of hydrogen-bond donors (Lipinski definition) is 2. The van der Waals surface area contributed by atoms with Gasteiger partial charge in [-0.3, -0.25) is 9.48 Å². The van der Waals surface area contributed by atoms with E-state index in [-0.39, 0.29) is 23.1 Å². The first-order valence-electron chi connectivity index (χ1n) is 13.3. The van der Waals surface area contributed by atoms with Crippen molar-refractivity contribution in [3.05, 3.63) is 137 Å². The predicted molar refractivity (Wildman–Crippen MR) is 157 cm³/mol. The number of benzene rings is 5. The van der Waals surface area contributed by atoms with Crippen LogP contribution in [-0.4, -0.2) is 26.8 Å². The number of carbonyl (C=O) groups excluding carboxylic acids is 1. The zero-order chi connectivity index (χ0) is 29.4. The highest BCUT2D eigenvalue weighted by Crippen LogP contribution is 2.30. The minimum Gasteiger partial charge on any atom is -0.478 e. The maximum atomic E-state index is 14.1. The Hall–Kier alpha value is -5.37. The molecule has 0 radical (unpaired) electrons. The zero-order valence-electron chi connectivity index (χ0n) is 22.5. The summed E-state index contributed by atoms with van der Waals surface area (Å²) >= 11 is 0. The van der Waals surface area contributed by atoms with Gasteiger partial charge in [0, 0.05) is 5.39 Å². The van der Waals surface area contributed by atoms with E-state index in [1.54, 1.807) is 47.3 Å². The van der Waals surface area contributed by atoms with Gasteiger partial charge in [-0.05, 0) is 94.5 Å². The van der Waals surface area contributed by atoms with E-state index in [0.717, 1.165) is 21.9 Å². The lowest BCUT2D eigenvalue weighted by Gasteiger charge is -2.17. The van der Waals surface area contributed by atoms with Crippen LogP contribution in [-0.2, 0) is 6.54 Å². The molecular formula is C34H25F2N3O3. The molecule has 6 aromatic rings. The van der Waals surface area contributed by atoms with Gasteiger partial charge in [0.05, 0.1) is 35.4 Å². The summed E-state index contributed by atoms with van der Waals surface area (Å²) in [6, 6.07) is 26.0. The van der Waals surface area contributed by atoms with Crippen molar-refractivity contribution >= 4 is 33.6 Å². The Labute approximate surface area is 239 Å². The molecule has 1 heterocycles. The molecule has 6 nitrogen and oxygen atoms in total. The maximum absolute atomic E-state index is 14.1. The van der Waals surface area contributed by atoms with Crippen molar-refractivity contribution in [2.24, 2.45) is 0 Å². The van der Waals surface area contributed by atoms with Crippen LogP contribution < -0.4 is 5.32 Å². The first-order valence-corrected chi connectivity index (χ1v) is 13.3. The summed E-state index contributed by atoms with van der Waals surface area (Å²) in [6.07, 6.45) is 1.67. The van der Waals surface area contributed by atoms with Crippen molar-refractivity contribution < 1.29 is 23.5 Å². The van der Waals surface area contributed by atoms with Gasteiger partial charge in [-0.1, -0.05) is 42.5 Å². The lowest BCUT2D eigenvalue weighted by Crippen LogP contribution is -2.27. The zero-order valence-corrected chi connectivity index (χ0v) is 22.5. The summed E-state index contributed by atoms with van der Waals surface area (Å²) in [5.74, 6) is -2.10. The number of nitrogens with zero attached hydrogens (tertiary/aromatic N) is 2. The van der Waals surface area contributed by atoms with Gasteiger partial charge in [0.25, 0.3) is 5.91 Å². The Balaban J connectivity index is 1.40. The second-order valence-corrected chi connectivity index (χ2v) is 10.2. The summed E-state index contributed by atoms with van der Waals surface area (Å²) in [7, 11) is 0. The fraction of sp³-hybridized carbons (Fsp3) is 0.0882. The topological polar surface area (TPSA) is 84.2 Å². The Morgan fingerprint density at radius 3 is 2.36 bits per heavy atom. The molecule has 42 heavy (non-hydrogen) atoms. The molecule has 0 spiro atoms. The van der Waals surface area contributed by atoms with Crippen LogP contribution in [0.2, 0.25) is 0 Å². The number of carbonyl (C=O) groups is 2. The van der Waals surface area contributed by atoms with Crippen molar-refractivity contribution in [3.8, 4) is 11.1 Å². The van der Waals surface area contributed by atoms with Gasteiger partial charge in [0.1, 0.15) is 11.6 Å². The Kier molecular flexibility index (Phi) is 6.96. The molecule has 5 aromatic carbocycles. The smallest absolute Gasteiger partial charge is 0.335 e. The average molecular weight is 562 g/mol. The van der Waals surface area contributed by atoms with Crippen molar-refractivity contribution in [3.63, 3.8) is 0 Å². The summed E-state index contributed by atoms with van der Waals surface area (Å²) < 4.78 is 29.7. The van der Waals surface area contributed by atoms with Gasteiger partial charge in [-0.15, -0.1) is 0 Å². The molecule has 0 fully saturated rings. The summed E-state index contributed by atoms with van der Waals surface area (Å²) in [4.78, 5) is 25.1. The summed E-state index contributed by atoms with van der Waals surface area (Å²) in [5, 5.41) is 19.2. The van der Waals surface area contributed by atoms with E-state index in [4.69, 9.17) is 0 Å². The predicted octanol–water partition coefficient (Wildman–Crippen LogP) is 7.37. The van der Waals surface area contributed by atoms with E-state index >= 15 is 0 Å². The Morgan fingerprint density at radius 2 is 1.60 bits per heavy atom. The second kappa shape index (κ2) is 10.9. The van der Waals surface area contributed by atoms with Crippen LogP contribution in [0.3, 0.4) is 0 Å². The number of hydrogen-bond acceptors (Lipinski definition) is 3. The molecule has 1 atom stereocenters. The molecule has 0 bridgehead atoms. The number of carboxylic acid groups (broad SMARTS) is 1. The molecule has 6 rings (SSSR count). The minimum atomic E-state index is -1.03. The molecule has 0 aliphatic carbocycles. The van der Waals surface area contributed by atoms with Crippen molar-refractivity contribution in [2.45, 2.75) is 19.5 Å². The lowest BCUT2D eigenvalue weighted by atomic mass is 9.99. The van der Waals surface area contributed by atoms with E-state index in [9.17, 15) is 23.5 Å². The van der Waals surface area contributed by atoms with Crippen LogP contribution in [0, 0.1) is 11.6 Å². The first-order chi connectivity index (χ1) is 20.2. The largest absolute Gasteiger partial charge is 0.478 e. The quantitative estimate of drug-likeness (QED) is 0.213. The first kappa shape index (κ1) is 26.8. The van der Waals surface area contributed by atoms with Crippen LogP contribution in [0.25, 0.3) is 32.8 Å². The molecule has 1 amide bonds. The molecule has 0 unspecified atom stereocenters. The van der Waals surface area contributed by atoms with Gasteiger partial charge in [0.15, 0.2) is 0 Å². The van der Waals surface area contributed by atoms with Crippen LogP contribution in [0.5, 0.6) is 0 Å². The normalized spacial score (nSPS) is 12.0. The van der Waals surface area contributed by atoms with E-state index in [0.29, 0.717) is 34.1 Å². The molecular weight excluding hydrogens is 536 g/mol. The standard InChI is InChI=1S/C34H25F2N3O3/c1-20(22-7-9-24(10-8-22)34(41)42)38-33(40)31-17-27(25-3-2-4-29(35)15-25)14-28-18-37-39(32(28)31)19-21-5-6-23-11-12-30(36)16-26(23)13-21/h2-18,20H,19H2,1H3,(H,38,40)(H,41,42)/t20-/m0/s1. The fourth-order valence-corrected chi connectivity index (χ4v) is 5.17. The number of rotatable bonds is 7. The molecule has 208 valence electrons. The number of fused-ring (bicyclic) bond motifs is 2. The van der Waals surface area contributed by atoms with Gasteiger partial charge in [-0.2, -0.15) is 5.10 Å².